The smallest absolute Gasteiger partial charge is 0.319 e. The largest absolute Gasteiger partial charge is 0.504 e. The molecule has 18 heavy (non-hydrogen) atoms. The first-order valence-corrected chi connectivity index (χ1v) is 6.09. The summed E-state index contributed by atoms with van der Waals surface area (Å²) in [5, 5.41) is 15.0. The molecule has 0 aromatic heterocycles. The van der Waals surface area contributed by atoms with Crippen LogP contribution in [0, 0.1) is 0 Å². The van der Waals surface area contributed by atoms with Crippen molar-refractivity contribution in [2.24, 2.45) is 0 Å². The zero-order chi connectivity index (χ0) is 13.4. The third kappa shape index (κ3) is 4.53. The van der Waals surface area contributed by atoms with Crippen LogP contribution in [0.1, 0.15) is 26.2 Å². The van der Waals surface area contributed by atoms with Gasteiger partial charge in [0.05, 0.1) is 7.11 Å². The lowest BCUT2D eigenvalue weighted by atomic mass is 10.2. The van der Waals surface area contributed by atoms with Gasteiger partial charge in [-0.25, -0.2) is 4.79 Å². The molecule has 0 radical (unpaired) electrons. The molecule has 1 aromatic rings. The van der Waals surface area contributed by atoms with Crippen molar-refractivity contribution in [2.45, 2.75) is 26.2 Å². The number of unbranched alkanes of at least 4 members (excludes halogenated alkanes) is 2. The second-order valence-corrected chi connectivity index (χ2v) is 3.97. The maximum absolute atomic E-state index is 11.5. The molecular weight excluding hydrogens is 232 g/mol. The summed E-state index contributed by atoms with van der Waals surface area (Å²) in [7, 11) is 1.47. The highest BCUT2D eigenvalue weighted by Gasteiger charge is 2.05. The van der Waals surface area contributed by atoms with E-state index in [0.717, 1.165) is 19.3 Å². The molecule has 0 aliphatic rings. The predicted octanol–water partition coefficient (Wildman–Crippen LogP) is 2.71. The fraction of sp³-hybridized carbons (Fsp3) is 0.462. The number of nitrogens with one attached hydrogen (secondary N) is 2. The van der Waals surface area contributed by atoms with Crippen molar-refractivity contribution in [1.29, 1.82) is 0 Å². The summed E-state index contributed by atoms with van der Waals surface area (Å²) in [5.74, 6) is 0.380. The molecule has 0 atom stereocenters. The van der Waals surface area contributed by atoms with Crippen LogP contribution in [0.15, 0.2) is 18.2 Å². The minimum atomic E-state index is -0.268. The fourth-order valence-corrected chi connectivity index (χ4v) is 1.52. The van der Waals surface area contributed by atoms with E-state index in [1.807, 2.05) is 0 Å². The first kappa shape index (κ1) is 14.2. The van der Waals surface area contributed by atoms with E-state index in [0.29, 0.717) is 18.0 Å². The first-order valence-electron chi connectivity index (χ1n) is 6.09. The molecule has 3 N–H and O–H groups in total. The van der Waals surface area contributed by atoms with E-state index in [9.17, 15) is 9.90 Å². The summed E-state index contributed by atoms with van der Waals surface area (Å²) < 4.78 is 4.92. The zero-order valence-electron chi connectivity index (χ0n) is 10.8. The average Bonchev–Trinajstić information content (AvgIpc) is 2.35. The summed E-state index contributed by atoms with van der Waals surface area (Å²) in [4.78, 5) is 11.5. The molecular formula is C13H20N2O3. The van der Waals surface area contributed by atoms with Gasteiger partial charge >= 0.3 is 6.03 Å². The van der Waals surface area contributed by atoms with Crippen molar-refractivity contribution in [1.82, 2.24) is 5.32 Å². The van der Waals surface area contributed by atoms with Gasteiger partial charge in [-0.3, -0.25) is 0 Å². The van der Waals surface area contributed by atoms with E-state index in [4.69, 9.17) is 4.74 Å². The Morgan fingerprint density at radius 3 is 2.78 bits per heavy atom. The molecule has 0 aliphatic carbocycles. The first-order chi connectivity index (χ1) is 8.67. The highest BCUT2D eigenvalue weighted by Crippen LogP contribution is 2.28. The number of urea groups is 1. The van der Waals surface area contributed by atoms with Gasteiger partial charge in [-0.1, -0.05) is 19.8 Å². The number of ether oxygens (including phenoxy) is 1. The van der Waals surface area contributed by atoms with Crippen LogP contribution in [0.25, 0.3) is 0 Å². The fourth-order valence-electron chi connectivity index (χ4n) is 1.52. The van der Waals surface area contributed by atoms with Gasteiger partial charge in [-0.05, 0) is 18.6 Å². The Hall–Kier alpha value is -1.91. The van der Waals surface area contributed by atoms with Gasteiger partial charge in [0.1, 0.15) is 0 Å². The van der Waals surface area contributed by atoms with Gasteiger partial charge in [-0.2, -0.15) is 0 Å². The third-order valence-corrected chi connectivity index (χ3v) is 2.50. The Morgan fingerprint density at radius 1 is 1.39 bits per heavy atom. The molecule has 0 spiro atoms. The molecule has 1 rings (SSSR count). The number of hydrogen-bond acceptors (Lipinski definition) is 3. The van der Waals surface area contributed by atoms with E-state index in [-0.39, 0.29) is 11.8 Å². The van der Waals surface area contributed by atoms with Crippen LogP contribution in [0.5, 0.6) is 11.5 Å². The Morgan fingerprint density at radius 2 is 2.17 bits per heavy atom. The molecule has 1 aromatic carbocycles. The number of phenols is 1. The number of phenolic OH excluding ortho intramolecular Hbond substituents is 1. The van der Waals surface area contributed by atoms with Gasteiger partial charge in [0.15, 0.2) is 11.5 Å². The Kier molecular flexibility index (Phi) is 5.84. The van der Waals surface area contributed by atoms with Crippen molar-refractivity contribution in [2.75, 3.05) is 19.0 Å². The number of carbonyl (C=O) groups excluding carboxylic acids is 1. The second-order valence-electron chi connectivity index (χ2n) is 3.97. The minimum absolute atomic E-state index is 0.00119. The highest BCUT2D eigenvalue weighted by molar-refractivity contribution is 5.89. The molecule has 2 amide bonds. The van der Waals surface area contributed by atoms with Crippen LogP contribution in [0.4, 0.5) is 10.5 Å². The Bertz CT molecular complexity index is 394. The van der Waals surface area contributed by atoms with E-state index >= 15 is 0 Å². The van der Waals surface area contributed by atoms with Crippen LogP contribution >= 0.6 is 0 Å². The van der Waals surface area contributed by atoms with Gasteiger partial charge in [-0.15, -0.1) is 0 Å². The van der Waals surface area contributed by atoms with Crippen molar-refractivity contribution in [3.05, 3.63) is 18.2 Å². The average molecular weight is 252 g/mol. The summed E-state index contributed by atoms with van der Waals surface area (Å²) in [5.41, 5.74) is 0.529. The lowest BCUT2D eigenvalue weighted by molar-refractivity contribution is 0.252. The summed E-state index contributed by atoms with van der Waals surface area (Å²) in [6.07, 6.45) is 3.19. The molecule has 0 fully saturated rings. The van der Waals surface area contributed by atoms with Crippen LogP contribution in [-0.4, -0.2) is 24.8 Å². The van der Waals surface area contributed by atoms with E-state index in [2.05, 4.69) is 17.6 Å². The maximum Gasteiger partial charge on any atom is 0.319 e. The Balaban J connectivity index is 2.42. The lowest BCUT2D eigenvalue weighted by Gasteiger charge is -2.09. The summed E-state index contributed by atoms with van der Waals surface area (Å²) in [6, 6.07) is 4.45. The Labute approximate surface area is 107 Å². The van der Waals surface area contributed by atoms with Crippen LogP contribution in [-0.2, 0) is 0 Å². The second kappa shape index (κ2) is 7.42. The van der Waals surface area contributed by atoms with Gasteiger partial charge in [0.2, 0.25) is 0 Å². The SMILES string of the molecule is CCCCCNC(=O)Nc1ccc(OC)c(O)c1. The monoisotopic (exact) mass is 252 g/mol. The predicted molar refractivity (Wildman–Crippen MR) is 71.2 cm³/mol. The van der Waals surface area contributed by atoms with Crippen LogP contribution in [0.2, 0.25) is 0 Å². The quantitative estimate of drug-likeness (QED) is 0.682. The summed E-state index contributed by atoms with van der Waals surface area (Å²) in [6.45, 7) is 2.77. The number of hydrogen-bond donors (Lipinski definition) is 3. The number of methoxy groups -OCH3 is 1. The molecule has 5 nitrogen and oxygen atoms in total. The number of anilines is 1. The van der Waals surface area contributed by atoms with E-state index in [1.165, 1.54) is 13.2 Å². The molecule has 0 saturated carbocycles. The molecule has 0 saturated heterocycles. The molecule has 0 heterocycles. The normalized spacial score (nSPS) is 9.89. The summed E-state index contributed by atoms with van der Waals surface area (Å²) >= 11 is 0. The number of carbonyl (C=O) groups is 1. The van der Waals surface area contributed by atoms with Crippen molar-refractivity contribution in [3.8, 4) is 11.5 Å². The van der Waals surface area contributed by atoms with Gasteiger partial charge in [0, 0.05) is 18.3 Å². The highest BCUT2D eigenvalue weighted by atomic mass is 16.5. The van der Waals surface area contributed by atoms with E-state index in [1.54, 1.807) is 12.1 Å². The third-order valence-electron chi connectivity index (χ3n) is 2.50. The molecule has 0 aliphatic heterocycles. The van der Waals surface area contributed by atoms with Crippen LogP contribution in [0.3, 0.4) is 0 Å². The molecule has 5 heteroatoms. The maximum atomic E-state index is 11.5. The van der Waals surface area contributed by atoms with E-state index < -0.39 is 0 Å². The lowest BCUT2D eigenvalue weighted by Crippen LogP contribution is -2.29. The number of aromatic hydroxyl groups is 1. The van der Waals surface area contributed by atoms with Crippen molar-refractivity contribution < 1.29 is 14.6 Å². The zero-order valence-corrected chi connectivity index (χ0v) is 10.8. The van der Waals surface area contributed by atoms with Crippen molar-refractivity contribution >= 4 is 11.7 Å². The van der Waals surface area contributed by atoms with Crippen LogP contribution < -0.4 is 15.4 Å². The topological polar surface area (TPSA) is 70.6 Å². The molecule has 0 unspecified atom stereocenters. The number of benzene rings is 1. The standard InChI is InChI=1S/C13H20N2O3/c1-3-4-5-8-14-13(17)15-10-6-7-12(18-2)11(16)9-10/h6-7,9,16H,3-5,8H2,1-2H3,(H2,14,15,17). The molecule has 0 bridgehead atoms. The minimum Gasteiger partial charge on any atom is -0.504 e. The van der Waals surface area contributed by atoms with Gasteiger partial charge < -0.3 is 20.5 Å². The van der Waals surface area contributed by atoms with Crippen molar-refractivity contribution in [3.63, 3.8) is 0 Å². The number of amides is 2. The molecule has 100 valence electrons. The van der Waals surface area contributed by atoms with Gasteiger partial charge in [0.25, 0.3) is 0 Å². The number of rotatable bonds is 6.